The summed E-state index contributed by atoms with van der Waals surface area (Å²) >= 11 is 0. The fourth-order valence-electron chi connectivity index (χ4n) is 3.37. The van der Waals surface area contributed by atoms with Gasteiger partial charge in [0.2, 0.25) is 5.91 Å². The molecule has 0 atom stereocenters. The molecule has 1 saturated heterocycles. The predicted molar refractivity (Wildman–Crippen MR) is 108 cm³/mol. The van der Waals surface area contributed by atoms with Gasteiger partial charge in [-0.2, -0.15) is 0 Å². The Balaban J connectivity index is 1.44. The fourth-order valence-corrected chi connectivity index (χ4v) is 3.37. The first-order chi connectivity index (χ1) is 14.8. The molecule has 0 aliphatic carbocycles. The maximum Gasteiger partial charge on any atom is 0.317 e. The number of ether oxygens (including phenoxy) is 1. The first-order valence-corrected chi connectivity index (χ1v) is 10.1. The van der Waals surface area contributed by atoms with E-state index in [4.69, 9.17) is 9.26 Å². The van der Waals surface area contributed by atoms with E-state index in [0.29, 0.717) is 43.4 Å². The number of aromatic nitrogens is 1. The third-order valence-corrected chi connectivity index (χ3v) is 5.15. The molecule has 2 aromatic rings. The zero-order valence-corrected chi connectivity index (χ0v) is 17.6. The number of hydrogen-bond donors (Lipinski definition) is 1. The molecule has 0 radical (unpaired) electrons. The number of piperazine rings is 1. The molecule has 168 valence electrons. The number of benzene rings is 1. The summed E-state index contributed by atoms with van der Waals surface area (Å²) in [5.41, 5.74) is 2.27. The molecule has 10 heteroatoms. The van der Waals surface area contributed by atoms with E-state index < -0.39 is 13.0 Å². The van der Waals surface area contributed by atoms with Crippen molar-refractivity contribution in [2.24, 2.45) is 0 Å². The number of aryl methyl sites for hydroxylation is 2. The molecule has 3 rings (SSSR count). The van der Waals surface area contributed by atoms with Crippen molar-refractivity contribution >= 4 is 11.9 Å². The summed E-state index contributed by atoms with van der Waals surface area (Å²) in [6, 6.07) is 6.43. The van der Waals surface area contributed by atoms with Gasteiger partial charge in [-0.3, -0.25) is 4.79 Å². The highest BCUT2D eigenvalue weighted by molar-refractivity contribution is 5.80. The molecule has 8 nitrogen and oxygen atoms in total. The number of nitrogens with zero attached hydrogens (tertiary/aromatic N) is 3. The quantitative estimate of drug-likeness (QED) is 0.721. The molecule has 1 aliphatic rings. The van der Waals surface area contributed by atoms with Crippen LogP contribution >= 0.6 is 0 Å². The smallest absolute Gasteiger partial charge is 0.317 e. The van der Waals surface area contributed by atoms with E-state index >= 15 is 0 Å². The Morgan fingerprint density at radius 1 is 1.19 bits per heavy atom. The third-order valence-electron chi connectivity index (χ3n) is 5.15. The van der Waals surface area contributed by atoms with Crippen molar-refractivity contribution < 1.29 is 27.6 Å². The van der Waals surface area contributed by atoms with Gasteiger partial charge in [-0.15, -0.1) is 0 Å². The Bertz CT molecular complexity index is 891. The summed E-state index contributed by atoms with van der Waals surface area (Å²) in [6.45, 7) is 4.92. The summed E-state index contributed by atoms with van der Waals surface area (Å²) in [4.78, 5) is 28.4. The molecule has 3 amide bonds. The van der Waals surface area contributed by atoms with E-state index in [0.717, 1.165) is 11.1 Å². The topological polar surface area (TPSA) is 87.9 Å². The second-order valence-corrected chi connectivity index (χ2v) is 7.36. The number of amides is 3. The van der Waals surface area contributed by atoms with Gasteiger partial charge in [0.1, 0.15) is 18.1 Å². The van der Waals surface area contributed by atoms with Crippen molar-refractivity contribution in [3.8, 4) is 5.75 Å². The van der Waals surface area contributed by atoms with E-state index in [1.165, 1.54) is 0 Å². The summed E-state index contributed by atoms with van der Waals surface area (Å²) in [5.74, 6) is 0.958. The van der Waals surface area contributed by atoms with Gasteiger partial charge in [0.05, 0.1) is 12.1 Å². The lowest BCUT2D eigenvalue weighted by Gasteiger charge is -2.34. The molecule has 0 saturated carbocycles. The Labute approximate surface area is 179 Å². The molecule has 1 aromatic carbocycles. The summed E-state index contributed by atoms with van der Waals surface area (Å²) in [6.07, 6.45) is -2.31. The lowest BCUT2D eigenvalue weighted by atomic mass is 10.1. The van der Waals surface area contributed by atoms with Gasteiger partial charge in [0, 0.05) is 38.3 Å². The molecule has 1 fully saturated rings. The molecule has 0 unspecified atom stereocenters. The van der Waals surface area contributed by atoms with Crippen LogP contribution in [-0.4, -0.2) is 66.1 Å². The highest BCUT2D eigenvalue weighted by Gasteiger charge is 2.25. The number of urea groups is 1. The van der Waals surface area contributed by atoms with E-state index in [1.54, 1.807) is 41.0 Å². The zero-order chi connectivity index (χ0) is 22.4. The van der Waals surface area contributed by atoms with Crippen LogP contribution in [0.5, 0.6) is 5.75 Å². The molecule has 31 heavy (non-hydrogen) atoms. The predicted octanol–water partition coefficient (Wildman–Crippen LogP) is 2.53. The standard InChI is InChI=1S/C21H26F2N4O4/c1-14-18(15(2)31-25-14)11-20(28)26-6-8-27(9-7-26)21(29)24-12-16-4-3-5-17(10-16)30-13-19(22)23/h3-5,10,19H,6-9,11-13H2,1-2H3,(H,24,29). The Hall–Kier alpha value is -3.17. The van der Waals surface area contributed by atoms with E-state index in [2.05, 4.69) is 10.5 Å². The van der Waals surface area contributed by atoms with Crippen molar-refractivity contribution in [2.45, 2.75) is 33.2 Å². The van der Waals surface area contributed by atoms with Crippen LogP contribution in [0.15, 0.2) is 28.8 Å². The molecule has 1 aliphatic heterocycles. The van der Waals surface area contributed by atoms with Gasteiger partial charge in [-0.1, -0.05) is 17.3 Å². The van der Waals surface area contributed by atoms with Crippen LogP contribution in [0.2, 0.25) is 0 Å². The number of halogens is 2. The lowest BCUT2D eigenvalue weighted by molar-refractivity contribution is -0.131. The van der Waals surface area contributed by atoms with Crippen LogP contribution < -0.4 is 10.1 Å². The number of rotatable bonds is 7. The van der Waals surface area contributed by atoms with Crippen LogP contribution in [-0.2, 0) is 17.8 Å². The van der Waals surface area contributed by atoms with Crippen LogP contribution in [0.3, 0.4) is 0 Å². The van der Waals surface area contributed by atoms with Gasteiger partial charge in [-0.05, 0) is 31.5 Å². The van der Waals surface area contributed by atoms with Gasteiger partial charge in [0.15, 0.2) is 0 Å². The number of hydrogen-bond acceptors (Lipinski definition) is 5. The first-order valence-electron chi connectivity index (χ1n) is 10.1. The molecule has 0 bridgehead atoms. The largest absolute Gasteiger partial charge is 0.488 e. The minimum absolute atomic E-state index is 0.0185. The number of alkyl halides is 2. The maximum absolute atomic E-state index is 12.6. The SMILES string of the molecule is Cc1noc(C)c1CC(=O)N1CCN(C(=O)NCc2cccc(OCC(F)F)c2)CC1. The molecule has 0 spiro atoms. The summed E-state index contributed by atoms with van der Waals surface area (Å²) < 4.78 is 34.6. The number of carbonyl (C=O) groups excluding carboxylic acids is 2. The monoisotopic (exact) mass is 436 g/mol. The third kappa shape index (κ3) is 6.16. The van der Waals surface area contributed by atoms with Crippen molar-refractivity contribution in [2.75, 3.05) is 32.8 Å². The minimum atomic E-state index is -2.54. The Kier molecular flexibility index (Phi) is 7.43. The molecule has 1 N–H and O–H groups in total. The number of carbonyl (C=O) groups is 2. The highest BCUT2D eigenvalue weighted by Crippen LogP contribution is 2.16. The van der Waals surface area contributed by atoms with Gasteiger partial charge < -0.3 is 24.4 Å². The summed E-state index contributed by atoms with van der Waals surface area (Å²) in [7, 11) is 0. The minimum Gasteiger partial charge on any atom is -0.488 e. The van der Waals surface area contributed by atoms with Crippen LogP contribution in [0, 0.1) is 13.8 Å². The fraction of sp³-hybridized carbons (Fsp3) is 0.476. The number of nitrogens with one attached hydrogen (secondary N) is 1. The molecular weight excluding hydrogens is 410 g/mol. The van der Waals surface area contributed by atoms with E-state index in [-0.39, 0.29) is 24.9 Å². The van der Waals surface area contributed by atoms with Crippen molar-refractivity contribution in [3.05, 3.63) is 46.8 Å². The normalized spacial score (nSPS) is 14.1. The summed E-state index contributed by atoms with van der Waals surface area (Å²) in [5, 5.41) is 6.69. The highest BCUT2D eigenvalue weighted by atomic mass is 19.3. The Morgan fingerprint density at radius 2 is 1.90 bits per heavy atom. The van der Waals surface area contributed by atoms with Gasteiger partial charge in [-0.25, -0.2) is 13.6 Å². The first kappa shape index (κ1) is 22.5. The second-order valence-electron chi connectivity index (χ2n) is 7.36. The average molecular weight is 436 g/mol. The van der Waals surface area contributed by atoms with Gasteiger partial charge in [0.25, 0.3) is 6.43 Å². The van der Waals surface area contributed by atoms with Crippen LogP contribution in [0.25, 0.3) is 0 Å². The molecular formula is C21H26F2N4O4. The van der Waals surface area contributed by atoms with Crippen LogP contribution in [0.1, 0.15) is 22.6 Å². The Morgan fingerprint density at radius 3 is 2.55 bits per heavy atom. The van der Waals surface area contributed by atoms with Gasteiger partial charge >= 0.3 is 6.03 Å². The maximum atomic E-state index is 12.6. The molecule has 1 aromatic heterocycles. The van der Waals surface area contributed by atoms with Crippen molar-refractivity contribution in [3.63, 3.8) is 0 Å². The van der Waals surface area contributed by atoms with Crippen LogP contribution in [0.4, 0.5) is 13.6 Å². The molecule has 2 heterocycles. The van der Waals surface area contributed by atoms with E-state index in [1.807, 2.05) is 6.92 Å². The van der Waals surface area contributed by atoms with E-state index in [9.17, 15) is 18.4 Å². The average Bonchev–Trinajstić information content (AvgIpc) is 3.08. The zero-order valence-electron chi connectivity index (χ0n) is 17.6. The lowest BCUT2D eigenvalue weighted by Crippen LogP contribution is -2.53. The second kappa shape index (κ2) is 10.2. The van der Waals surface area contributed by atoms with Crippen molar-refractivity contribution in [1.82, 2.24) is 20.3 Å². The van der Waals surface area contributed by atoms with Crippen molar-refractivity contribution in [1.29, 1.82) is 0 Å².